The van der Waals surface area contributed by atoms with Gasteiger partial charge in [0.25, 0.3) is 0 Å². The van der Waals surface area contributed by atoms with Crippen molar-refractivity contribution in [3.05, 3.63) is 34.9 Å². The molecule has 0 radical (unpaired) electrons. The van der Waals surface area contributed by atoms with Crippen LogP contribution in [0.2, 0.25) is 0 Å². The molecule has 2 aliphatic carbocycles. The van der Waals surface area contributed by atoms with Crippen LogP contribution < -0.4 is 0 Å². The third-order valence-electron chi connectivity index (χ3n) is 6.66. The number of rotatable bonds is 8. The third-order valence-corrected chi connectivity index (χ3v) is 6.66. The molecule has 0 atom stereocenters. The zero-order valence-corrected chi connectivity index (χ0v) is 17.9. The van der Waals surface area contributed by atoms with E-state index in [9.17, 15) is 9.59 Å². The Kier molecular flexibility index (Phi) is 8.57. The van der Waals surface area contributed by atoms with Crippen molar-refractivity contribution in [2.24, 2.45) is 11.8 Å². The van der Waals surface area contributed by atoms with Gasteiger partial charge in [0.1, 0.15) is 0 Å². The molecular weight excluding hydrogens is 364 g/mol. The number of aryl methyl sites for hydroxylation is 1. The van der Waals surface area contributed by atoms with E-state index in [0.29, 0.717) is 36.2 Å². The van der Waals surface area contributed by atoms with Gasteiger partial charge < -0.3 is 9.47 Å². The van der Waals surface area contributed by atoms with Gasteiger partial charge in [-0.15, -0.1) is 0 Å². The van der Waals surface area contributed by atoms with E-state index in [-0.39, 0.29) is 0 Å². The van der Waals surface area contributed by atoms with Gasteiger partial charge in [0, 0.05) is 0 Å². The highest BCUT2D eigenvalue weighted by Crippen LogP contribution is 2.27. The van der Waals surface area contributed by atoms with E-state index in [1.54, 1.807) is 12.1 Å². The minimum absolute atomic E-state index is 0.330. The second-order valence-corrected chi connectivity index (χ2v) is 8.85. The van der Waals surface area contributed by atoms with Crippen LogP contribution in [0.3, 0.4) is 0 Å². The van der Waals surface area contributed by atoms with Gasteiger partial charge in [-0.05, 0) is 43.2 Å². The summed E-state index contributed by atoms with van der Waals surface area (Å²) >= 11 is 0. The summed E-state index contributed by atoms with van der Waals surface area (Å²) in [6.45, 7) is 2.69. The summed E-state index contributed by atoms with van der Waals surface area (Å²) < 4.78 is 11.1. The third kappa shape index (κ3) is 6.58. The maximum atomic E-state index is 12.7. The normalized spacial score (nSPS) is 18.4. The van der Waals surface area contributed by atoms with Crippen molar-refractivity contribution in [2.45, 2.75) is 84.0 Å². The first kappa shape index (κ1) is 21.9. The molecule has 0 aromatic heterocycles. The maximum Gasteiger partial charge on any atom is 0.339 e. The molecule has 0 N–H and O–H groups in total. The lowest BCUT2D eigenvalue weighted by Crippen LogP contribution is -2.18. The maximum absolute atomic E-state index is 12.7. The lowest BCUT2D eigenvalue weighted by Gasteiger charge is -2.21. The lowest BCUT2D eigenvalue weighted by atomic mass is 9.87. The molecule has 2 fully saturated rings. The average molecular weight is 401 g/mol. The molecule has 29 heavy (non-hydrogen) atoms. The van der Waals surface area contributed by atoms with E-state index < -0.39 is 11.9 Å². The summed E-state index contributed by atoms with van der Waals surface area (Å²) in [5, 5.41) is 0. The average Bonchev–Trinajstić information content (AvgIpc) is 2.75. The Morgan fingerprint density at radius 2 is 1.31 bits per heavy atom. The van der Waals surface area contributed by atoms with Crippen molar-refractivity contribution in [1.82, 2.24) is 0 Å². The minimum Gasteiger partial charge on any atom is -0.462 e. The van der Waals surface area contributed by atoms with Crippen LogP contribution >= 0.6 is 0 Å². The van der Waals surface area contributed by atoms with Gasteiger partial charge in [0.05, 0.1) is 24.3 Å². The first-order valence-electron chi connectivity index (χ1n) is 11.6. The van der Waals surface area contributed by atoms with Crippen LogP contribution in [-0.4, -0.2) is 25.2 Å². The fourth-order valence-electron chi connectivity index (χ4n) is 4.85. The first-order valence-corrected chi connectivity index (χ1v) is 11.6. The molecule has 2 saturated carbocycles. The van der Waals surface area contributed by atoms with E-state index in [1.807, 2.05) is 13.0 Å². The van der Waals surface area contributed by atoms with Gasteiger partial charge in [0.2, 0.25) is 0 Å². The van der Waals surface area contributed by atoms with E-state index in [1.165, 1.54) is 64.2 Å². The summed E-state index contributed by atoms with van der Waals surface area (Å²) in [6, 6.07) is 5.32. The van der Waals surface area contributed by atoms with Crippen molar-refractivity contribution in [1.29, 1.82) is 0 Å². The molecule has 0 unspecified atom stereocenters. The van der Waals surface area contributed by atoms with Crippen molar-refractivity contribution in [3.63, 3.8) is 0 Å². The number of carbonyl (C=O) groups is 2. The van der Waals surface area contributed by atoms with Gasteiger partial charge in [-0.25, -0.2) is 9.59 Å². The number of esters is 2. The zero-order valence-electron chi connectivity index (χ0n) is 17.9. The molecule has 0 saturated heterocycles. The van der Waals surface area contributed by atoms with Gasteiger partial charge in [-0.2, -0.15) is 0 Å². The topological polar surface area (TPSA) is 52.6 Å². The van der Waals surface area contributed by atoms with Crippen LogP contribution in [0.25, 0.3) is 0 Å². The Morgan fingerprint density at radius 1 is 0.793 bits per heavy atom. The monoisotopic (exact) mass is 400 g/mol. The van der Waals surface area contributed by atoms with E-state index in [2.05, 4.69) is 0 Å². The Labute approximate surface area is 175 Å². The number of benzene rings is 1. The van der Waals surface area contributed by atoms with Crippen molar-refractivity contribution >= 4 is 11.9 Å². The molecule has 0 aliphatic heterocycles. The van der Waals surface area contributed by atoms with Gasteiger partial charge in [0.15, 0.2) is 0 Å². The highest BCUT2D eigenvalue weighted by atomic mass is 16.5. The molecule has 3 rings (SSSR count). The fourth-order valence-corrected chi connectivity index (χ4v) is 4.85. The molecule has 2 aliphatic rings. The van der Waals surface area contributed by atoms with Gasteiger partial charge in [-0.3, -0.25) is 0 Å². The quantitative estimate of drug-likeness (QED) is 0.484. The molecule has 4 nitrogen and oxygen atoms in total. The van der Waals surface area contributed by atoms with Crippen molar-refractivity contribution < 1.29 is 19.1 Å². The second kappa shape index (κ2) is 11.4. The van der Waals surface area contributed by atoms with Crippen LogP contribution in [0.15, 0.2) is 18.2 Å². The smallest absolute Gasteiger partial charge is 0.339 e. The summed E-state index contributed by atoms with van der Waals surface area (Å²) in [7, 11) is 0. The van der Waals surface area contributed by atoms with E-state index in [4.69, 9.17) is 9.47 Å². The molecule has 4 heteroatoms. The largest absolute Gasteiger partial charge is 0.462 e. The van der Waals surface area contributed by atoms with Crippen molar-refractivity contribution in [3.8, 4) is 0 Å². The molecule has 1 aromatic carbocycles. The molecule has 0 heterocycles. The Morgan fingerprint density at radius 3 is 1.86 bits per heavy atom. The highest BCUT2D eigenvalue weighted by molar-refractivity contribution is 6.04. The van der Waals surface area contributed by atoms with Crippen molar-refractivity contribution in [2.75, 3.05) is 13.2 Å². The minimum atomic E-state index is -0.413. The molecule has 0 amide bonds. The molecule has 160 valence electrons. The Bertz CT molecular complexity index is 669. The van der Waals surface area contributed by atoms with E-state index >= 15 is 0 Å². The Hall–Kier alpha value is -1.84. The Balaban J connectivity index is 1.52. The summed E-state index contributed by atoms with van der Waals surface area (Å²) in [5.74, 6) is 0.512. The number of hydrogen-bond donors (Lipinski definition) is 0. The SMILES string of the molecule is Cc1cccc(C(=O)OCCC2CCCCC2)c1C(=O)OCCC1CCCCC1. The number of carbonyl (C=O) groups excluding carboxylic acids is 2. The number of ether oxygens (including phenoxy) is 2. The molecule has 0 spiro atoms. The molecule has 0 bridgehead atoms. The summed E-state index contributed by atoms with van der Waals surface area (Å²) in [4.78, 5) is 25.4. The highest BCUT2D eigenvalue weighted by Gasteiger charge is 2.23. The van der Waals surface area contributed by atoms with Crippen LogP contribution in [0.1, 0.15) is 103 Å². The lowest BCUT2D eigenvalue weighted by molar-refractivity contribution is 0.0426. The molecule has 1 aromatic rings. The zero-order chi connectivity index (χ0) is 20.5. The summed E-state index contributed by atoms with van der Waals surface area (Å²) in [5.41, 5.74) is 1.45. The predicted octanol–water partition coefficient (Wildman–Crippen LogP) is 6.25. The second-order valence-electron chi connectivity index (χ2n) is 8.85. The number of hydrogen-bond acceptors (Lipinski definition) is 4. The standard InChI is InChI=1S/C25H36O4/c1-19-9-8-14-22(24(26)28-17-15-20-10-4-2-5-11-20)23(19)25(27)29-18-16-21-12-6-3-7-13-21/h8-9,14,20-21H,2-7,10-13,15-18H2,1H3. The van der Waals surface area contributed by atoms with Crippen LogP contribution in [0.4, 0.5) is 0 Å². The summed E-state index contributed by atoms with van der Waals surface area (Å²) in [6.07, 6.45) is 14.6. The van der Waals surface area contributed by atoms with Gasteiger partial charge in [-0.1, -0.05) is 76.3 Å². The van der Waals surface area contributed by atoms with Crippen LogP contribution in [0, 0.1) is 18.8 Å². The van der Waals surface area contributed by atoms with E-state index in [0.717, 1.165) is 18.4 Å². The molecular formula is C25H36O4. The predicted molar refractivity (Wildman–Crippen MR) is 114 cm³/mol. The van der Waals surface area contributed by atoms with Gasteiger partial charge >= 0.3 is 11.9 Å². The van der Waals surface area contributed by atoms with Crippen LogP contribution in [0.5, 0.6) is 0 Å². The van der Waals surface area contributed by atoms with Crippen LogP contribution in [-0.2, 0) is 9.47 Å². The first-order chi connectivity index (χ1) is 14.1. The fraction of sp³-hybridized carbons (Fsp3) is 0.680.